The van der Waals surface area contributed by atoms with E-state index in [2.05, 4.69) is 15.4 Å². The summed E-state index contributed by atoms with van der Waals surface area (Å²) in [6, 6.07) is 8.84. The van der Waals surface area contributed by atoms with E-state index in [1.807, 2.05) is 24.3 Å². The molecule has 1 atom stereocenters. The van der Waals surface area contributed by atoms with E-state index in [9.17, 15) is 9.59 Å². The summed E-state index contributed by atoms with van der Waals surface area (Å²) >= 11 is 1.27. The molecule has 23 heavy (non-hydrogen) atoms. The molecule has 1 aliphatic heterocycles. The number of carbonyl (C=O) groups excluding carboxylic acids is 2. The first-order valence-electron chi connectivity index (χ1n) is 7.13. The van der Waals surface area contributed by atoms with Crippen molar-refractivity contribution in [2.45, 2.75) is 12.5 Å². The summed E-state index contributed by atoms with van der Waals surface area (Å²) in [7, 11) is 1.32. The minimum absolute atomic E-state index is 0.0972. The fourth-order valence-corrected chi connectivity index (χ4v) is 3.19. The molecule has 2 N–H and O–H groups in total. The van der Waals surface area contributed by atoms with Gasteiger partial charge in [0, 0.05) is 17.4 Å². The first-order chi connectivity index (χ1) is 11.2. The van der Waals surface area contributed by atoms with Crippen molar-refractivity contribution in [3.05, 3.63) is 46.8 Å². The lowest BCUT2D eigenvalue weighted by Crippen LogP contribution is -2.35. The molecule has 2 amide bonds. The first-order valence-corrected chi connectivity index (χ1v) is 8.01. The molecule has 1 unspecified atom stereocenters. The fourth-order valence-electron chi connectivity index (χ4n) is 2.42. The molecular weight excluding hydrogens is 316 g/mol. The zero-order valence-electron chi connectivity index (χ0n) is 12.5. The van der Waals surface area contributed by atoms with Crippen molar-refractivity contribution in [1.29, 1.82) is 0 Å². The van der Waals surface area contributed by atoms with Crippen LogP contribution in [0.2, 0.25) is 0 Å². The van der Waals surface area contributed by atoms with Gasteiger partial charge in [-0.3, -0.25) is 5.32 Å². The summed E-state index contributed by atoms with van der Waals surface area (Å²) in [6.07, 6.45) is 0.711. The number of nitrogens with one attached hydrogen (secondary N) is 2. The van der Waals surface area contributed by atoms with Gasteiger partial charge in [-0.05, 0) is 12.1 Å². The standard InChI is InChI=1S/C16H16N2O4S/c1-21-15(19)10-8-14(23-9-10)18-16(20)17-12-6-7-22-13-5-3-2-4-11(12)13/h2-5,8-9,12H,6-7H2,1H3,(H2,17,18,20). The van der Waals surface area contributed by atoms with Gasteiger partial charge in [-0.25, -0.2) is 9.59 Å². The number of hydrogen-bond acceptors (Lipinski definition) is 5. The van der Waals surface area contributed by atoms with Gasteiger partial charge >= 0.3 is 12.0 Å². The molecule has 0 fully saturated rings. The quantitative estimate of drug-likeness (QED) is 0.846. The van der Waals surface area contributed by atoms with Gasteiger partial charge < -0.3 is 14.8 Å². The molecule has 1 aromatic heterocycles. The Morgan fingerprint density at radius 1 is 1.35 bits per heavy atom. The minimum Gasteiger partial charge on any atom is -0.493 e. The topological polar surface area (TPSA) is 76.7 Å². The van der Waals surface area contributed by atoms with Gasteiger partial charge in [-0.15, -0.1) is 11.3 Å². The molecule has 0 aliphatic carbocycles. The number of para-hydroxylation sites is 1. The lowest BCUT2D eigenvalue weighted by Gasteiger charge is -2.26. The number of hydrogen-bond donors (Lipinski definition) is 2. The van der Waals surface area contributed by atoms with Gasteiger partial charge in [0.1, 0.15) is 5.75 Å². The zero-order chi connectivity index (χ0) is 16.2. The van der Waals surface area contributed by atoms with E-state index in [4.69, 9.17) is 4.74 Å². The van der Waals surface area contributed by atoms with Crippen LogP contribution in [0.15, 0.2) is 35.7 Å². The van der Waals surface area contributed by atoms with Crippen LogP contribution in [0.3, 0.4) is 0 Å². The zero-order valence-corrected chi connectivity index (χ0v) is 13.3. The molecule has 0 saturated carbocycles. The molecule has 3 rings (SSSR count). The average Bonchev–Trinajstić information content (AvgIpc) is 3.03. The third-order valence-electron chi connectivity index (χ3n) is 3.52. The Labute approximate surface area is 137 Å². The maximum absolute atomic E-state index is 12.2. The van der Waals surface area contributed by atoms with Crippen LogP contribution >= 0.6 is 11.3 Å². The first kappa shape index (κ1) is 15.4. The van der Waals surface area contributed by atoms with Crippen LogP contribution in [0.4, 0.5) is 9.80 Å². The highest BCUT2D eigenvalue weighted by Crippen LogP contribution is 2.31. The van der Waals surface area contributed by atoms with E-state index in [1.165, 1.54) is 18.4 Å². The third-order valence-corrected chi connectivity index (χ3v) is 4.37. The molecule has 6 nitrogen and oxygen atoms in total. The fraction of sp³-hybridized carbons (Fsp3) is 0.250. The van der Waals surface area contributed by atoms with Gasteiger partial charge in [0.25, 0.3) is 0 Å². The summed E-state index contributed by atoms with van der Waals surface area (Å²) in [6.45, 7) is 0.563. The second kappa shape index (κ2) is 6.70. The normalized spacial score (nSPS) is 16.0. The SMILES string of the molecule is COC(=O)c1csc(NC(=O)NC2CCOc3ccccc32)c1. The largest absolute Gasteiger partial charge is 0.493 e. The van der Waals surface area contributed by atoms with Crippen molar-refractivity contribution in [3.8, 4) is 5.75 Å². The van der Waals surface area contributed by atoms with Crippen LogP contribution in [0.5, 0.6) is 5.75 Å². The molecule has 2 heterocycles. The van der Waals surface area contributed by atoms with Crippen molar-refractivity contribution < 1.29 is 19.1 Å². The molecule has 0 spiro atoms. The molecule has 1 aliphatic rings. The third kappa shape index (κ3) is 3.45. The number of urea groups is 1. The number of esters is 1. The highest BCUT2D eigenvalue weighted by atomic mass is 32.1. The lowest BCUT2D eigenvalue weighted by atomic mass is 10.0. The van der Waals surface area contributed by atoms with Crippen molar-refractivity contribution in [2.75, 3.05) is 19.0 Å². The Morgan fingerprint density at radius 2 is 2.17 bits per heavy atom. The molecule has 120 valence electrons. The number of carbonyl (C=O) groups is 2. The van der Waals surface area contributed by atoms with E-state index < -0.39 is 5.97 Å². The van der Waals surface area contributed by atoms with Crippen LogP contribution in [0.25, 0.3) is 0 Å². The Kier molecular flexibility index (Phi) is 4.47. The summed E-state index contributed by atoms with van der Waals surface area (Å²) in [5.74, 6) is 0.376. The summed E-state index contributed by atoms with van der Waals surface area (Å²) < 4.78 is 10.2. The summed E-state index contributed by atoms with van der Waals surface area (Å²) in [5, 5.41) is 7.91. The monoisotopic (exact) mass is 332 g/mol. The maximum atomic E-state index is 12.2. The van der Waals surface area contributed by atoms with Crippen LogP contribution in [0.1, 0.15) is 28.4 Å². The number of amides is 2. The predicted octanol–water partition coefficient (Wildman–Crippen LogP) is 3.18. The van der Waals surface area contributed by atoms with E-state index >= 15 is 0 Å². The number of methoxy groups -OCH3 is 1. The van der Waals surface area contributed by atoms with Gasteiger partial charge in [0.05, 0.1) is 30.3 Å². The van der Waals surface area contributed by atoms with Crippen LogP contribution in [0, 0.1) is 0 Å². The Hall–Kier alpha value is -2.54. The molecule has 2 aromatic rings. The van der Waals surface area contributed by atoms with Crippen LogP contribution in [-0.4, -0.2) is 25.7 Å². The number of benzene rings is 1. The van der Waals surface area contributed by atoms with Crippen molar-refractivity contribution >= 4 is 28.3 Å². The van der Waals surface area contributed by atoms with Crippen molar-refractivity contribution in [3.63, 3.8) is 0 Å². The van der Waals surface area contributed by atoms with E-state index in [1.54, 1.807) is 11.4 Å². The molecule has 7 heteroatoms. The lowest BCUT2D eigenvalue weighted by molar-refractivity contribution is 0.0601. The maximum Gasteiger partial charge on any atom is 0.338 e. The van der Waals surface area contributed by atoms with Crippen LogP contribution in [-0.2, 0) is 4.74 Å². The average molecular weight is 332 g/mol. The van der Waals surface area contributed by atoms with Crippen LogP contribution < -0.4 is 15.4 Å². The summed E-state index contributed by atoms with van der Waals surface area (Å²) in [5.41, 5.74) is 1.39. The number of fused-ring (bicyclic) bond motifs is 1. The van der Waals surface area contributed by atoms with E-state index in [-0.39, 0.29) is 12.1 Å². The molecule has 0 bridgehead atoms. The van der Waals surface area contributed by atoms with Gasteiger partial charge in [-0.2, -0.15) is 0 Å². The molecular formula is C16H16N2O4S. The smallest absolute Gasteiger partial charge is 0.338 e. The number of anilines is 1. The second-order valence-corrected chi connectivity index (χ2v) is 5.93. The van der Waals surface area contributed by atoms with Gasteiger partial charge in [-0.1, -0.05) is 18.2 Å². The minimum atomic E-state index is -0.423. The molecule has 0 saturated heterocycles. The number of rotatable bonds is 3. The van der Waals surface area contributed by atoms with Crippen molar-refractivity contribution in [1.82, 2.24) is 5.32 Å². The Balaban J connectivity index is 1.64. The number of thiophene rings is 1. The predicted molar refractivity (Wildman–Crippen MR) is 87.1 cm³/mol. The van der Waals surface area contributed by atoms with E-state index in [0.717, 1.165) is 11.3 Å². The highest BCUT2D eigenvalue weighted by Gasteiger charge is 2.22. The highest BCUT2D eigenvalue weighted by molar-refractivity contribution is 7.14. The van der Waals surface area contributed by atoms with Gasteiger partial charge in [0.2, 0.25) is 0 Å². The Bertz CT molecular complexity index is 728. The molecule has 1 aromatic carbocycles. The number of ether oxygens (including phenoxy) is 2. The second-order valence-electron chi connectivity index (χ2n) is 5.02. The van der Waals surface area contributed by atoms with Crippen molar-refractivity contribution in [2.24, 2.45) is 0 Å². The Morgan fingerprint density at radius 3 is 3.00 bits per heavy atom. The van der Waals surface area contributed by atoms with Gasteiger partial charge in [0.15, 0.2) is 0 Å². The van der Waals surface area contributed by atoms with E-state index in [0.29, 0.717) is 23.6 Å². The molecule has 0 radical (unpaired) electrons. The summed E-state index contributed by atoms with van der Waals surface area (Å²) in [4.78, 5) is 23.6.